The van der Waals surface area contributed by atoms with E-state index in [-0.39, 0.29) is 11.9 Å². The minimum Gasteiger partial charge on any atom is -0.427 e. The second kappa shape index (κ2) is 7.97. The van der Waals surface area contributed by atoms with Crippen molar-refractivity contribution in [2.75, 3.05) is 13.1 Å². The normalized spacial score (nSPS) is 17.6. The summed E-state index contributed by atoms with van der Waals surface area (Å²) >= 11 is 0. The monoisotopic (exact) mass is 337 g/mol. The highest BCUT2D eigenvalue weighted by atomic mass is 16.5. The molecule has 1 aliphatic rings. The van der Waals surface area contributed by atoms with Gasteiger partial charge in [-0.2, -0.15) is 0 Å². The Bertz CT molecular complexity index is 725. The highest BCUT2D eigenvalue weighted by Gasteiger charge is 2.24. The molecule has 1 heterocycles. The molecule has 0 radical (unpaired) electrons. The Morgan fingerprint density at radius 3 is 2.40 bits per heavy atom. The quantitative estimate of drug-likeness (QED) is 0.628. The van der Waals surface area contributed by atoms with E-state index in [1.165, 1.54) is 12.5 Å². The van der Waals surface area contributed by atoms with E-state index < -0.39 is 0 Å². The average molecular weight is 337 g/mol. The summed E-state index contributed by atoms with van der Waals surface area (Å²) in [6.45, 7) is 2.89. The van der Waals surface area contributed by atoms with Gasteiger partial charge in [0.05, 0.1) is 0 Å². The number of benzene rings is 2. The number of carbonyl (C=O) groups is 2. The van der Waals surface area contributed by atoms with Crippen LogP contribution in [0.5, 0.6) is 5.75 Å². The molecule has 1 fully saturated rings. The van der Waals surface area contributed by atoms with E-state index in [0.29, 0.717) is 17.2 Å². The van der Waals surface area contributed by atoms with Gasteiger partial charge in [0.1, 0.15) is 5.75 Å². The van der Waals surface area contributed by atoms with Crippen molar-refractivity contribution in [3.63, 3.8) is 0 Å². The number of esters is 1. The fourth-order valence-electron chi connectivity index (χ4n) is 3.34. The summed E-state index contributed by atoms with van der Waals surface area (Å²) < 4.78 is 5.03. The molecule has 130 valence electrons. The van der Waals surface area contributed by atoms with Crippen molar-refractivity contribution in [3.8, 4) is 5.75 Å². The van der Waals surface area contributed by atoms with E-state index in [0.717, 1.165) is 32.4 Å². The van der Waals surface area contributed by atoms with E-state index in [4.69, 9.17) is 4.74 Å². The molecule has 1 aliphatic heterocycles. The molecule has 2 aromatic carbocycles. The van der Waals surface area contributed by atoms with Crippen molar-refractivity contribution < 1.29 is 14.3 Å². The van der Waals surface area contributed by atoms with Gasteiger partial charge >= 0.3 is 5.97 Å². The molecule has 0 spiro atoms. The second-order valence-electron chi connectivity index (χ2n) is 6.47. The third-order valence-electron chi connectivity index (χ3n) is 4.59. The Kier molecular flexibility index (Phi) is 5.49. The number of hydrogen-bond acceptors (Lipinski definition) is 3. The van der Waals surface area contributed by atoms with Gasteiger partial charge in [-0.25, -0.2) is 0 Å². The zero-order valence-electron chi connectivity index (χ0n) is 14.5. The predicted octanol–water partition coefficient (Wildman–Crippen LogP) is 4.02. The fraction of sp³-hybridized carbons (Fsp3) is 0.333. The summed E-state index contributed by atoms with van der Waals surface area (Å²) in [5.41, 5.74) is 1.93. The van der Waals surface area contributed by atoms with Crippen molar-refractivity contribution in [3.05, 3.63) is 65.7 Å². The van der Waals surface area contributed by atoms with Gasteiger partial charge in [-0.3, -0.25) is 9.59 Å². The van der Waals surface area contributed by atoms with Crippen LogP contribution < -0.4 is 4.74 Å². The SMILES string of the molecule is CC(=O)Oc1ccc(C(=O)N2CCCCC(c3ccccc3)C2)cc1. The minimum atomic E-state index is -0.364. The van der Waals surface area contributed by atoms with Gasteiger partial charge < -0.3 is 9.64 Å². The highest BCUT2D eigenvalue weighted by molar-refractivity contribution is 5.94. The average Bonchev–Trinajstić information content (AvgIpc) is 2.88. The number of nitrogens with zero attached hydrogens (tertiary/aromatic N) is 1. The Morgan fingerprint density at radius 2 is 1.72 bits per heavy atom. The number of amides is 1. The molecule has 1 atom stereocenters. The van der Waals surface area contributed by atoms with Crippen LogP contribution in [0, 0.1) is 0 Å². The van der Waals surface area contributed by atoms with Crippen LogP contribution in [0.25, 0.3) is 0 Å². The molecule has 2 aromatic rings. The molecule has 3 rings (SSSR count). The fourth-order valence-corrected chi connectivity index (χ4v) is 3.34. The number of rotatable bonds is 3. The van der Waals surface area contributed by atoms with E-state index in [2.05, 4.69) is 24.3 Å². The highest BCUT2D eigenvalue weighted by Crippen LogP contribution is 2.27. The van der Waals surface area contributed by atoms with Crippen LogP contribution in [0.4, 0.5) is 0 Å². The number of carbonyl (C=O) groups excluding carboxylic acids is 2. The maximum absolute atomic E-state index is 12.9. The van der Waals surface area contributed by atoms with Gasteiger partial charge in [-0.05, 0) is 42.7 Å². The molecule has 0 aromatic heterocycles. The topological polar surface area (TPSA) is 46.6 Å². The lowest BCUT2D eigenvalue weighted by molar-refractivity contribution is -0.131. The van der Waals surface area contributed by atoms with Gasteiger partial charge in [0.15, 0.2) is 0 Å². The molecule has 0 saturated carbocycles. The van der Waals surface area contributed by atoms with Crippen LogP contribution in [-0.2, 0) is 4.79 Å². The van der Waals surface area contributed by atoms with Gasteiger partial charge in [-0.1, -0.05) is 36.8 Å². The lowest BCUT2D eigenvalue weighted by atomic mass is 9.94. The lowest BCUT2D eigenvalue weighted by Gasteiger charge is -2.25. The van der Waals surface area contributed by atoms with Crippen molar-refractivity contribution in [1.29, 1.82) is 0 Å². The van der Waals surface area contributed by atoms with Crippen molar-refractivity contribution in [2.45, 2.75) is 32.1 Å². The molecule has 1 unspecified atom stereocenters. The standard InChI is InChI=1S/C21H23NO3/c1-16(23)25-20-12-10-18(11-13-20)21(24)22-14-6-5-9-19(15-22)17-7-3-2-4-8-17/h2-4,7-8,10-13,19H,5-6,9,14-15H2,1H3. The first-order valence-electron chi connectivity index (χ1n) is 8.76. The second-order valence-corrected chi connectivity index (χ2v) is 6.47. The first-order chi connectivity index (χ1) is 12.1. The largest absolute Gasteiger partial charge is 0.427 e. The third-order valence-corrected chi connectivity index (χ3v) is 4.59. The first kappa shape index (κ1) is 17.2. The molecule has 0 aliphatic carbocycles. The molecule has 25 heavy (non-hydrogen) atoms. The van der Waals surface area contributed by atoms with Crippen molar-refractivity contribution >= 4 is 11.9 Å². The summed E-state index contributed by atoms with van der Waals surface area (Å²) in [7, 11) is 0. The van der Waals surface area contributed by atoms with Gasteiger partial charge in [0.25, 0.3) is 5.91 Å². The number of ether oxygens (including phenoxy) is 1. The first-order valence-corrected chi connectivity index (χ1v) is 8.76. The summed E-state index contributed by atoms with van der Waals surface area (Å²) in [6, 6.07) is 17.2. The molecular formula is C21H23NO3. The maximum Gasteiger partial charge on any atom is 0.308 e. The summed E-state index contributed by atoms with van der Waals surface area (Å²) in [4.78, 5) is 25.8. The predicted molar refractivity (Wildman–Crippen MR) is 96.7 cm³/mol. The zero-order valence-corrected chi connectivity index (χ0v) is 14.5. The molecule has 1 saturated heterocycles. The van der Waals surface area contributed by atoms with Crippen LogP contribution in [0.15, 0.2) is 54.6 Å². The van der Waals surface area contributed by atoms with Crippen molar-refractivity contribution in [2.24, 2.45) is 0 Å². The molecule has 0 bridgehead atoms. The molecule has 1 amide bonds. The van der Waals surface area contributed by atoms with Crippen LogP contribution in [0.1, 0.15) is 48.0 Å². The Balaban J connectivity index is 1.73. The van der Waals surface area contributed by atoms with Gasteiger partial charge in [0, 0.05) is 31.5 Å². The molecule has 4 heteroatoms. The van der Waals surface area contributed by atoms with Crippen LogP contribution in [0.3, 0.4) is 0 Å². The summed E-state index contributed by atoms with van der Waals surface area (Å²) in [6.07, 6.45) is 3.27. The van der Waals surface area contributed by atoms with Gasteiger partial charge in [-0.15, -0.1) is 0 Å². The summed E-state index contributed by atoms with van der Waals surface area (Å²) in [5.74, 6) is 0.518. The summed E-state index contributed by atoms with van der Waals surface area (Å²) in [5, 5.41) is 0. The number of likely N-dealkylation sites (tertiary alicyclic amines) is 1. The zero-order chi connectivity index (χ0) is 17.6. The minimum absolute atomic E-state index is 0.0391. The molecular weight excluding hydrogens is 314 g/mol. The number of hydrogen-bond donors (Lipinski definition) is 0. The van der Waals surface area contributed by atoms with Crippen LogP contribution >= 0.6 is 0 Å². The third kappa shape index (κ3) is 4.47. The van der Waals surface area contributed by atoms with E-state index in [1.807, 2.05) is 11.0 Å². The Morgan fingerprint density at radius 1 is 1.00 bits per heavy atom. The maximum atomic E-state index is 12.9. The van der Waals surface area contributed by atoms with E-state index >= 15 is 0 Å². The van der Waals surface area contributed by atoms with Crippen molar-refractivity contribution in [1.82, 2.24) is 4.90 Å². The van der Waals surface area contributed by atoms with Crippen LogP contribution in [-0.4, -0.2) is 29.9 Å². The Labute approximate surface area is 148 Å². The van der Waals surface area contributed by atoms with E-state index in [9.17, 15) is 9.59 Å². The lowest BCUT2D eigenvalue weighted by Crippen LogP contribution is -2.34. The molecule has 4 nitrogen and oxygen atoms in total. The molecule has 0 N–H and O–H groups in total. The Hall–Kier alpha value is -2.62. The smallest absolute Gasteiger partial charge is 0.308 e. The van der Waals surface area contributed by atoms with Crippen LogP contribution in [0.2, 0.25) is 0 Å². The van der Waals surface area contributed by atoms with E-state index in [1.54, 1.807) is 24.3 Å². The van der Waals surface area contributed by atoms with Gasteiger partial charge in [0.2, 0.25) is 0 Å².